The lowest BCUT2D eigenvalue weighted by atomic mass is 9.87. The first-order valence-electron chi connectivity index (χ1n) is 7.81. The van der Waals surface area contributed by atoms with Gasteiger partial charge in [-0.25, -0.2) is 0 Å². The van der Waals surface area contributed by atoms with Crippen LogP contribution in [0.15, 0.2) is 12.1 Å². The van der Waals surface area contributed by atoms with Crippen LogP contribution in [0.4, 0.5) is 11.4 Å². The van der Waals surface area contributed by atoms with Gasteiger partial charge in [-0.1, -0.05) is 0 Å². The first kappa shape index (κ1) is 19.2. The van der Waals surface area contributed by atoms with E-state index in [1.54, 1.807) is 39.8 Å². The summed E-state index contributed by atoms with van der Waals surface area (Å²) < 4.78 is 10.3. The average molecular weight is 360 g/mol. The number of hydrogen-bond acceptors (Lipinski definition) is 6. The molecule has 0 bridgehead atoms. The van der Waals surface area contributed by atoms with Crippen LogP contribution in [0.1, 0.15) is 22.3 Å². The molecule has 0 spiro atoms. The number of nitro benzene ring substituents is 2. The van der Waals surface area contributed by atoms with E-state index >= 15 is 0 Å². The van der Waals surface area contributed by atoms with E-state index in [0.29, 0.717) is 22.3 Å². The Balaban J connectivity index is 2.98. The molecular weight excluding hydrogens is 340 g/mol. The highest BCUT2D eigenvalue weighted by Gasteiger charge is 2.29. The summed E-state index contributed by atoms with van der Waals surface area (Å²) >= 11 is 0. The first-order valence-corrected chi connectivity index (χ1v) is 7.81. The summed E-state index contributed by atoms with van der Waals surface area (Å²) in [7, 11) is 2.74. The Morgan fingerprint density at radius 2 is 1.04 bits per heavy atom. The van der Waals surface area contributed by atoms with Gasteiger partial charge in [0.15, 0.2) is 11.5 Å². The quantitative estimate of drug-likeness (QED) is 0.577. The van der Waals surface area contributed by atoms with E-state index in [0.717, 1.165) is 11.1 Å². The lowest BCUT2D eigenvalue weighted by molar-refractivity contribution is -0.386. The second-order valence-electron chi connectivity index (χ2n) is 6.00. The van der Waals surface area contributed by atoms with Crippen LogP contribution >= 0.6 is 0 Å². The maximum absolute atomic E-state index is 11.5. The molecule has 2 aromatic carbocycles. The fraction of sp³-hybridized carbons (Fsp3) is 0.333. The molecule has 0 aliphatic carbocycles. The molecule has 138 valence electrons. The highest BCUT2D eigenvalue weighted by atomic mass is 16.6. The van der Waals surface area contributed by atoms with Crippen molar-refractivity contribution in [2.24, 2.45) is 0 Å². The number of aryl methyl sites for hydroxylation is 2. The third-order valence-corrected chi connectivity index (χ3v) is 4.47. The van der Waals surface area contributed by atoms with E-state index in [9.17, 15) is 20.2 Å². The minimum Gasteiger partial charge on any atom is -0.490 e. The van der Waals surface area contributed by atoms with Crippen LogP contribution in [0.2, 0.25) is 0 Å². The standard InChI is InChI=1S/C18H20N2O6/c1-9-7-13(25-5)17(19(21)22)11(3)15(9)16-10(2)8-14(26-6)18(12(16)4)20(23)24/h7-8H,1-6H3. The zero-order chi connectivity index (χ0) is 19.8. The summed E-state index contributed by atoms with van der Waals surface area (Å²) in [5.74, 6) is 0.319. The van der Waals surface area contributed by atoms with Gasteiger partial charge in [-0.2, -0.15) is 0 Å². The number of hydrogen-bond donors (Lipinski definition) is 0. The molecule has 0 aliphatic heterocycles. The molecule has 8 nitrogen and oxygen atoms in total. The van der Waals surface area contributed by atoms with Gasteiger partial charge in [-0.15, -0.1) is 0 Å². The van der Waals surface area contributed by atoms with E-state index in [1.165, 1.54) is 14.2 Å². The molecule has 0 unspecified atom stereocenters. The SMILES string of the molecule is COc1cc(C)c(-c2c(C)cc(OC)c([N+](=O)[O-])c2C)c(C)c1[N+](=O)[O-]. The lowest BCUT2D eigenvalue weighted by Gasteiger charge is -2.18. The molecule has 0 fully saturated rings. The van der Waals surface area contributed by atoms with Crippen molar-refractivity contribution in [1.82, 2.24) is 0 Å². The Bertz CT molecular complexity index is 845. The van der Waals surface area contributed by atoms with Gasteiger partial charge in [-0.3, -0.25) is 20.2 Å². The van der Waals surface area contributed by atoms with E-state index < -0.39 is 9.85 Å². The second kappa shape index (κ2) is 6.99. The number of nitro groups is 2. The second-order valence-corrected chi connectivity index (χ2v) is 6.00. The molecule has 2 rings (SSSR count). The topological polar surface area (TPSA) is 105 Å². The van der Waals surface area contributed by atoms with Crippen molar-refractivity contribution in [1.29, 1.82) is 0 Å². The van der Waals surface area contributed by atoms with Gasteiger partial charge in [-0.05, 0) is 62.1 Å². The van der Waals surface area contributed by atoms with Gasteiger partial charge >= 0.3 is 11.4 Å². The molecular formula is C18H20N2O6. The third-order valence-electron chi connectivity index (χ3n) is 4.47. The van der Waals surface area contributed by atoms with Gasteiger partial charge in [0, 0.05) is 11.1 Å². The van der Waals surface area contributed by atoms with Crippen LogP contribution in [0, 0.1) is 47.9 Å². The molecule has 0 N–H and O–H groups in total. The Labute approximate surface area is 150 Å². The van der Waals surface area contributed by atoms with Crippen molar-refractivity contribution in [2.75, 3.05) is 14.2 Å². The van der Waals surface area contributed by atoms with E-state index in [-0.39, 0.29) is 22.9 Å². The van der Waals surface area contributed by atoms with Crippen LogP contribution < -0.4 is 9.47 Å². The Morgan fingerprint density at radius 1 is 0.731 bits per heavy atom. The maximum Gasteiger partial charge on any atom is 0.314 e. The Hall–Kier alpha value is -3.16. The summed E-state index contributed by atoms with van der Waals surface area (Å²) in [5, 5.41) is 23.1. The van der Waals surface area contributed by atoms with Gasteiger partial charge in [0.2, 0.25) is 0 Å². The van der Waals surface area contributed by atoms with E-state index in [1.807, 2.05) is 0 Å². The predicted octanol–water partition coefficient (Wildman–Crippen LogP) is 4.42. The van der Waals surface area contributed by atoms with Gasteiger partial charge < -0.3 is 9.47 Å². The summed E-state index contributed by atoms with van der Waals surface area (Å²) in [6.45, 7) is 6.84. The zero-order valence-corrected chi connectivity index (χ0v) is 15.5. The number of benzene rings is 2. The number of nitrogens with zero attached hydrogens (tertiary/aromatic N) is 2. The minimum absolute atomic E-state index is 0.148. The highest BCUT2D eigenvalue weighted by molar-refractivity contribution is 5.84. The van der Waals surface area contributed by atoms with Crippen molar-refractivity contribution < 1.29 is 19.3 Å². The molecule has 0 saturated carbocycles. The van der Waals surface area contributed by atoms with Gasteiger partial charge in [0.25, 0.3) is 0 Å². The molecule has 0 aliphatic rings. The molecule has 0 radical (unpaired) electrons. The minimum atomic E-state index is -0.500. The van der Waals surface area contributed by atoms with Gasteiger partial charge in [0.1, 0.15) is 0 Å². The number of ether oxygens (including phenoxy) is 2. The predicted molar refractivity (Wildman–Crippen MR) is 97.2 cm³/mol. The van der Waals surface area contributed by atoms with E-state index in [2.05, 4.69) is 0 Å². The molecule has 0 saturated heterocycles. The summed E-state index contributed by atoms with van der Waals surface area (Å²) in [5.41, 5.74) is 3.16. The summed E-state index contributed by atoms with van der Waals surface area (Å²) in [4.78, 5) is 22.1. The van der Waals surface area contributed by atoms with Crippen molar-refractivity contribution in [3.05, 3.63) is 54.6 Å². The van der Waals surface area contributed by atoms with Crippen molar-refractivity contribution >= 4 is 11.4 Å². The van der Waals surface area contributed by atoms with Crippen LogP contribution in [-0.4, -0.2) is 24.1 Å². The monoisotopic (exact) mass is 360 g/mol. The van der Waals surface area contributed by atoms with Gasteiger partial charge in [0.05, 0.1) is 24.1 Å². The smallest absolute Gasteiger partial charge is 0.314 e. The van der Waals surface area contributed by atoms with Crippen molar-refractivity contribution in [3.63, 3.8) is 0 Å². The maximum atomic E-state index is 11.5. The fourth-order valence-electron chi connectivity index (χ4n) is 3.41. The molecule has 0 aromatic heterocycles. The van der Waals surface area contributed by atoms with Crippen LogP contribution in [0.5, 0.6) is 11.5 Å². The highest BCUT2D eigenvalue weighted by Crippen LogP contribution is 2.45. The fourth-order valence-corrected chi connectivity index (χ4v) is 3.41. The molecule has 26 heavy (non-hydrogen) atoms. The molecule has 8 heteroatoms. The zero-order valence-electron chi connectivity index (χ0n) is 15.5. The molecule has 0 atom stereocenters. The first-order chi connectivity index (χ1) is 12.1. The van der Waals surface area contributed by atoms with Crippen LogP contribution in [0.3, 0.4) is 0 Å². The van der Waals surface area contributed by atoms with Crippen LogP contribution in [0.25, 0.3) is 11.1 Å². The van der Waals surface area contributed by atoms with Crippen molar-refractivity contribution in [3.8, 4) is 22.6 Å². The molecule has 0 heterocycles. The summed E-state index contributed by atoms with van der Waals surface area (Å²) in [6, 6.07) is 3.16. The largest absolute Gasteiger partial charge is 0.490 e. The lowest BCUT2D eigenvalue weighted by Crippen LogP contribution is -2.04. The third kappa shape index (κ3) is 2.94. The van der Waals surface area contributed by atoms with Crippen molar-refractivity contribution in [2.45, 2.75) is 27.7 Å². The van der Waals surface area contributed by atoms with Crippen LogP contribution in [-0.2, 0) is 0 Å². The average Bonchev–Trinajstić information content (AvgIpc) is 2.55. The molecule has 2 aromatic rings. The van der Waals surface area contributed by atoms with E-state index in [4.69, 9.17) is 9.47 Å². The molecule has 0 amide bonds. The summed E-state index contributed by atoms with van der Waals surface area (Å²) in [6.07, 6.45) is 0. The number of rotatable bonds is 5. The Morgan fingerprint density at radius 3 is 1.27 bits per heavy atom. The Kier molecular flexibility index (Phi) is 5.15. The normalized spacial score (nSPS) is 10.5. The number of methoxy groups -OCH3 is 2.